The van der Waals surface area contributed by atoms with E-state index < -0.39 is 5.97 Å². The minimum atomic E-state index is -1.19. The molecule has 106 valence electrons. The van der Waals surface area contributed by atoms with Crippen LogP contribution in [0.4, 0.5) is 4.39 Å². The fourth-order valence-electron chi connectivity index (χ4n) is 1.91. The van der Waals surface area contributed by atoms with Gasteiger partial charge in [0.15, 0.2) is 0 Å². The monoisotopic (exact) mass is 277 g/mol. The van der Waals surface area contributed by atoms with Crippen LogP contribution < -0.4 is 0 Å². The molecule has 6 heteroatoms. The van der Waals surface area contributed by atoms with E-state index in [1.165, 1.54) is 16.8 Å². The zero-order valence-electron chi connectivity index (χ0n) is 11.8. The van der Waals surface area contributed by atoms with Crippen LogP contribution in [0.3, 0.4) is 0 Å². The molecule has 0 radical (unpaired) electrons. The van der Waals surface area contributed by atoms with E-state index in [4.69, 9.17) is 5.11 Å². The van der Waals surface area contributed by atoms with Crippen LogP contribution in [0.2, 0.25) is 0 Å². The lowest BCUT2D eigenvalue weighted by Crippen LogP contribution is -2.19. The molecular weight excluding hydrogens is 261 g/mol. The second-order valence-corrected chi connectivity index (χ2v) is 5.66. The van der Waals surface area contributed by atoms with Gasteiger partial charge >= 0.3 is 5.97 Å². The Morgan fingerprint density at radius 2 is 2.00 bits per heavy atom. The molecule has 0 spiro atoms. The van der Waals surface area contributed by atoms with Crippen molar-refractivity contribution in [2.45, 2.75) is 33.1 Å². The molecule has 0 saturated carbocycles. The summed E-state index contributed by atoms with van der Waals surface area (Å²) in [4.78, 5) is 15.1. The van der Waals surface area contributed by atoms with Gasteiger partial charge < -0.3 is 5.11 Å². The van der Waals surface area contributed by atoms with Gasteiger partial charge in [0.25, 0.3) is 5.82 Å². The van der Waals surface area contributed by atoms with Crippen molar-refractivity contribution in [3.8, 4) is 5.69 Å². The first kappa shape index (κ1) is 14.2. The average Bonchev–Trinajstić information content (AvgIpc) is 2.73. The molecule has 0 amide bonds. The van der Waals surface area contributed by atoms with E-state index in [9.17, 15) is 9.18 Å². The standard InChI is InChI=1S/C14H16FN3O2/c1-8-7-9(15)5-6-10(8)18-13(14(2,3)4)16-11(17-18)12(19)20/h5-7H,1-4H3,(H,19,20). The highest BCUT2D eigenvalue weighted by atomic mass is 19.1. The summed E-state index contributed by atoms with van der Waals surface area (Å²) < 4.78 is 14.7. The van der Waals surface area contributed by atoms with Crippen LogP contribution in [-0.2, 0) is 5.41 Å². The van der Waals surface area contributed by atoms with Crippen LogP contribution in [0.5, 0.6) is 0 Å². The van der Waals surface area contributed by atoms with Gasteiger partial charge in [-0.3, -0.25) is 0 Å². The molecule has 2 rings (SSSR count). The second kappa shape index (κ2) is 4.70. The fraction of sp³-hybridized carbons (Fsp3) is 0.357. The minimum Gasteiger partial charge on any atom is -0.475 e. The Balaban J connectivity index is 2.69. The number of carbonyl (C=O) groups is 1. The average molecular weight is 277 g/mol. The molecule has 5 nitrogen and oxygen atoms in total. The lowest BCUT2D eigenvalue weighted by molar-refractivity contribution is 0.0683. The molecule has 0 fully saturated rings. The topological polar surface area (TPSA) is 68.0 Å². The van der Waals surface area contributed by atoms with Crippen molar-refractivity contribution in [2.24, 2.45) is 0 Å². The highest BCUT2D eigenvalue weighted by molar-refractivity contribution is 5.83. The number of rotatable bonds is 2. The van der Waals surface area contributed by atoms with E-state index in [0.29, 0.717) is 17.1 Å². The normalized spacial score (nSPS) is 11.7. The van der Waals surface area contributed by atoms with Crippen LogP contribution >= 0.6 is 0 Å². The van der Waals surface area contributed by atoms with Crippen molar-refractivity contribution >= 4 is 5.97 Å². The summed E-state index contributed by atoms with van der Waals surface area (Å²) in [5.74, 6) is -1.28. The van der Waals surface area contributed by atoms with Gasteiger partial charge in [0.05, 0.1) is 5.69 Å². The molecule has 0 unspecified atom stereocenters. The van der Waals surface area contributed by atoms with Gasteiger partial charge in [0.2, 0.25) is 0 Å². The number of aryl methyl sites for hydroxylation is 1. The fourth-order valence-corrected chi connectivity index (χ4v) is 1.91. The van der Waals surface area contributed by atoms with Gasteiger partial charge in [0, 0.05) is 5.41 Å². The molecule has 1 heterocycles. The Labute approximate surface area is 116 Å². The molecule has 0 bridgehead atoms. The maximum Gasteiger partial charge on any atom is 0.375 e. The van der Waals surface area contributed by atoms with E-state index in [1.807, 2.05) is 20.8 Å². The molecule has 0 aliphatic carbocycles. The Morgan fingerprint density at radius 1 is 1.35 bits per heavy atom. The molecule has 0 saturated heterocycles. The van der Waals surface area contributed by atoms with E-state index >= 15 is 0 Å². The van der Waals surface area contributed by atoms with Gasteiger partial charge in [-0.15, -0.1) is 5.10 Å². The smallest absolute Gasteiger partial charge is 0.375 e. The molecule has 0 aliphatic heterocycles. The van der Waals surface area contributed by atoms with Gasteiger partial charge in [-0.2, -0.15) is 0 Å². The lowest BCUT2D eigenvalue weighted by Gasteiger charge is -2.19. The number of hydrogen-bond acceptors (Lipinski definition) is 3. The van der Waals surface area contributed by atoms with E-state index in [2.05, 4.69) is 10.1 Å². The first-order valence-corrected chi connectivity index (χ1v) is 6.17. The molecular formula is C14H16FN3O2. The van der Waals surface area contributed by atoms with E-state index in [-0.39, 0.29) is 17.1 Å². The molecule has 0 atom stereocenters. The number of aromatic carboxylic acids is 1. The zero-order valence-corrected chi connectivity index (χ0v) is 11.8. The third kappa shape index (κ3) is 2.54. The maximum atomic E-state index is 13.2. The zero-order chi connectivity index (χ0) is 15.1. The minimum absolute atomic E-state index is 0.265. The number of carboxylic acid groups (broad SMARTS) is 1. The quantitative estimate of drug-likeness (QED) is 0.916. The molecule has 2 aromatic rings. The number of hydrogen-bond donors (Lipinski definition) is 1. The first-order chi connectivity index (χ1) is 9.20. The number of carboxylic acids is 1. The third-order valence-corrected chi connectivity index (χ3v) is 2.86. The third-order valence-electron chi connectivity index (χ3n) is 2.86. The second-order valence-electron chi connectivity index (χ2n) is 5.66. The predicted molar refractivity (Wildman–Crippen MR) is 71.7 cm³/mol. The Morgan fingerprint density at radius 3 is 2.50 bits per heavy atom. The predicted octanol–water partition coefficient (Wildman–Crippen LogP) is 2.71. The first-order valence-electron chi connectivity index (χ1n) is 6.17. The summed E-state index contributed by atoms with van der Waals surface area (Å²) in [5, 5.41) is 13.1. The van der Waals surface area contributed by atoms with E-state index in [1.54, 1.807) is 13.0 Å². The summed E-state index contributed by atoms with van der Waals surface area (Å²) >= 11 is 0. The van der Waals surface area contributed by atoms with Crippen molar-refractivity contribution in [3.63, 3.8) is 0 Å². The summed E-state index contributed by atoms with van der Waals surface area (Å²) in [6.07, 6.45) is 0. The maximum absolute atomic E-state index is 13.2. The van der Waals surface area contributed by atoms with Gasteiger partial charge in [-0.25, -0.2) is 18.9 Å². The van der Waals surface area contributed by atoms with Crippen LogP contribution in [0.25, 0.3) is 5.69 Å². The van der Waals surface area contributed by atoms with E-state index in [0.717, 1.165) is 0 Å². The van der Waals surface area contributed by atoms with Gasteiger partial charge in [0.1, 0.15) is 11.6 Å². The number of aromatic nitrogens is 3. The molecule has 0 aliphatic rings. The Kier molecular flexibility index (Phi) is 3.33. The van der Waals surface area contributed by atoms with Crippen molar-refractivity contribution in [1.82, 2.24) is 14.8 Å². The van der Waals surface area contributed by atoms with Crippen molar-refractivity contribution in [1.29, 1.82) is 0 Å². The summed E-state index contributed by atoms with van der Waals surface area (Å²) in [6, 6.07) is 4.26. The van der Waals surface area contributed by atoms with Crippen LogP contribution in [0.1, 0.15) is 42.8 Å². The highest BCUT2D eigenvalue weighted by Gasteiger charge is 2.26. The van der Waals surface area contributed by atoms with Crippen LogP contribution in [0.15, 0.2) is 18.2 Å². The summed E-state index contributed by atoms with van der Waals surface area (Å²) in [6.45, 7) is 7.49. The Hall–Kier alpha value is -2.24. The Bertz CT molecular complexity index is 672. The SMILES string of the molecule is Cc1cc(F)ccc1-n1nc(C(=O)O)nc1C(C)(C)C. The number of nitrogens with zero attached hydrogens (tertiary/aromatic N) is 3. The van der Waals surface area contributed by atoms with Crippen LogP contribution in [0, 0.1) is 12.7 Å². The van der Waals surface area contributed by atoms with Crippen molar-refractivity contribution < 1.29 is 14.3 Å². The van der Waals surface area contributed by atoms with Crippen molar-refractivity contribution in [2.75, 3.05) is 0 Å². The summed E-state index contributed by atoms with van der Waals surface area (Å²) in [5.41, 5.74) is 0.898. The molecule has 1 N–H and O–H groups in total. The van der Waals surface area contributed by atoms with Crippen LogP contribution in [-0.4, -0.2) is 25.8 Å². The number of halogens is 1. The molecule has 20 heavy (non-hydrogen) atoms. The number of benzene rings is 1. The molecule has 1 aromatic heterocycles. The lowest BCUT2D eigenvalue weighted by atomic mass is 9.95. The van der Waals surface area contributed by atoms with Crippen molar-refractivity contribution in [3.05, 3.63) is 41.2 Å². The highest BCUT2D eigenvalue weighted by Crippen LogP contribution is 2.25. The van der Waals surface area contributed by atoms with Gasteiger partial charge in [-0.05, 0) is 30.7 Å². The largest absolute Gasteiger partial charge is 0.475 e. The van der Waals surface area contributed by atoms with Gasteiger partial charge in [-0.1, -0.05) is 20.8 Å². The summed E-state index contributed by atoms with van der Waals surface area (Å²) in [7, 11) is 0. The molecule has 1 aromatic carbocycles.